The van der Waals surface area contributed by atoms with E-state index >= 15 is 0 Å². The smallest absolute Gasteiger partial charge is 0.338 e. The fourth-order valence-corrected chi connectivity index (χ4v) is 2.15. The van der Waals surface area contributed by atoms with Gasteiger partial charge in [0.15, 0.2) is 0 Å². The number of esters is 1. The van der Waals surface area contributed by atoms with Crippen molar-refractivity contribution < 1.29 is 19.1 Å². The molecule has 0 fully saturated rings. The van der Waals surface area contributed by atoms with Crippen LogP contribution in [0, 0.1) is 0 Å². The lowest BCUT2D eigenvalue weighted by molar-refractivity contribution is -0.114. The molecule has 25 heavy (non-hydrogen) atoms. The van der Waals surface area contributed by atoms with Crippen molar-refractivity contribution in [2.24, 2.45) is 0 Å². The SMILES string of the molecule is CCCOC(=O)c1ccc(NC(=O)c2ccccc2NC(C)=O)cc1. The summed E-state index contributed by atoms with van der Waals surface area (Å²) in [5, 5.41) is 5.36. The molecule has 2 amide bonds. The Labute approximate surface area is 146 Å². The average Bonchev–Trinajstić information content (AvgIpc) is 2.60. The number of carbonyl (C=O) groups excluding carboxylic acids is 3. The van der Waals surface area contributed by atoms with Crippen LogP contribution in [0.5, 0.6) is 0 Å². The summed E-state index contributed by atoms with van der Waals surface area (Å²) in [6, 6.07) is 13.2. The summed E-state index contributed by atoms with van der Waals surface area (Å²) in [6.07, 6.45) is 0.758. The van der Waals surface area contributed by atoms with Crippen molar-refractivity contribution in [2.75, 3.05) is 17.2 Å². The number of hydrogen-bond acceptors (Lipinski definition) is 4. The number of anilines is 2. The number of amides is 2. The fourth-order valence-electron chi connectivity index (χ4n) is 2.15. The molecule has 0 spiro atoms. The maximum absolute atomic E-state index is 12.4. The quantitative estimate of drug-likeness (QED) is 0.789. The van der Waals surface area contributed by atoms with Gasteiger partial charge in [-0.2, -0.15) is 0 Å². The molecule has 0 unspecified atom stereocenters. The molecule has 0 aromatic heterocycles. The first-order valence-electron chi connectivity index (χ1n) is 7.96. The van der Waals surface area contributed by atoms with Crippen LogP contribution in [0.25, 0.3) is 0 Å². The van der Waals surface area contributed by atoms with Gasteiger partial charge in [-0.15, -0.1) is 0 Å². The number of nitrogens with one attached hydrogen (secondary N) is 2. The Balaban J connectivity index is 2.08. The third-order valence-electron chi connectivity index (χ3n) is 3.30. The van der Waals surface area contributed by atoms with E-state index in [2.05, 4.69) is 10.6 Å². The Kier molecular flexibility index (Phi) is 6.28. The van der Waals surface area contributed by atoms with E-state index in [4.69, 9.17) is 4.74 Å². The van der Waals surface area contributed by atoms with Gasteiger partial charge < -0.3 is 15.4 Å². The van der Waals surface area contributed by atoms with Crippen molar-refractivity contribution in [1.29, 1.82) is 0 Å². The molecule has 0 aliphatic rings. The summed E-state index contributed by atoms with van der Waals surface area (Å²) in [4.78, 5) is 35.4. The molecule has 6 nitrogen and oxygen atoms in total. The number of ether oxygens (including phenoxy) is 1. The first kappa shape index (κ1) is 18.2. The van der Waals surface area contributed by atoms with Crippen LogP contribution in [0.3, 0.4) is 0 Å². The number of hydrogen-bond donors (Lipinski definition) is 2. The van der Waals surface area contributed by atoms with Crippen molar-refractivity contribution in [1.82, 2.24) is 0 Å². The van der Waals surface area contributed by atoms with E-state index in [1.54, 1.807) is 48.5 Å². The van der Waals surface area contributed by atoms with E-state index in [0.29, 0.717) is 29.1 Å². The van der Waals surface area contributed by atoms with Gasteiger partial charge in [0.2, 0.25) is 5.91 Å². The summed E-state index contributed by atoms with van der Waals surface area (Å²) >= 11 is 0. The van der Waals surface area contributed by atoms with Crippen molar-refractivity contribution in [3.63, 3.8) is 0 Å². The number of rotatable bonds is 6. The largest absolute Gasteiger partial charge is 0.462 e. The topological polar surface area (TPSA) is 84.5 Å². The molecule has 6 heteroatoms. The van der Waals surface area contributed by atoms with Crippen LogP contribution in [-0.2, 0) is 9.53 Å². The maximum atomic E-state index is 12.4. The van der Waals surface area contributed by atoms with Crippen LogP contribution < -0.4 is 10.6 Å². The van der Waals surface area contributed by atoms with E-state index in [0.717, 1.165) is 6.42 Å². The van der Waals surface area contributed by atoms with Gasteiger partial charge in [0.1, 0.15) is 0 Å². The van der Waals surface area contributed by atoms with Crippen LogP contribution in [0.1, 0.15) is 41.0 Å². The summed E-state index contributed by atoms with van der Waals surface area (Å²) in [5.74, 6) is -1.00. The zero-order valence-electron chi connectivity index (χ0n) is 14.2. The van der Waals surface area contributed by atoms with Crippen molar-refractivity contribution in [2.45, 2.75) is 20.3 Å². The van der Waals surface area contributed by atoms with E-state index in [-0.39, 0.29) is 11.8 Å². The van der Waals surface area contributed by atoms with Crippen molar-refractivity contribution in [3.05, 3.63) is 59.7 Å². The van der Waals surface area contributed by atoms with Gasteiger partial charge in [-0.25, -0.2) is 4.79 Å². The molecular formula is C19H20N2O4. The minimum Gasteiger partial charge on any atom is -0.462 e. The third kappa shape index (κ3) is 5.17. The van der Waals surface area contributed by atoms with E-state index < -0.39 is 5.97 Å². The Morgan fingerprint density at radius 2 is 1.64 bits per heavy atom. The molecule has 0 bridgehead atoms. The molecule has 0 heterocycles. The van der Waals surface area contributed by atoms with Crippen molar-refractivity contribution >= 4 is 29.2 Å². The maximum Gasteiger partial charge on any atom is 0.338 e. The zero-order chi connectivity index (χ0) is 18.2. The average molecular weight is 340 g/mol. The number of benzene rings is 2. The molecule has 0 atom stereocenters. The van der Waals surface area contributed by atoms with Crippen LogP contribution in [-0.4, -0.2) is 24.4 Å². The fraction of sp³-hybridized carbons (Fsp3) is 0.211. The highest BCUT2D eigenvalue weighted by Crippen LogP contribution is 2.18. The molecule has 2 aromatic carbocycles. The normalized spacial score (nSPS) is 10.0. The van der Waals surface area contributed by atoms with Crippen LogP contribution in [0.15, 0.2) is 48.5 Å². The van der Waals surface area contributed by atoms with Crippen LogP contribution in [0.4, 0.5) is 11.4 Å². The minimum atomic E-state index is -0.393. The molecule has 2 N–H and O–H groups in total. The van der Waals surface area contributed by atoms with Gasteiger partial charge in [-0.05, 0) is 42.8 Å². The molecule has 0 aliphatic heterocycles. The third-order valence-corrected chi connectivity index (χ3v) is 3.30. The van der Waals surface area contributed by atoms with Gasteiger partial charge in [-0.1, -0.05) is 19.1 Å². The van der Waals surface area contributed by atoms with E-state index in [1.165, 1.54) is 6.92 Å². The van der Waals surface area contributed by atoms with Crippen LogP contribution in [0.2, 0.25) is 0 Å². The number of carbonyl (C=O) groups is 3. The van der Waals surface area contributed by atoms with Gasteiger partial charge in [0.25, 0.3) is 5.91 Å². The van der Waals surface area contributed by atoms with Gasteiger partial charge in [-0.3, -0.25) is 9.59 Å². The summed E-state index contributed by atoms with van der Waals surface area (Å²) in [6.45, 7) is 3.67. The van der Waals surface area contributed by atoms with E-state index in [1.807, 2.05) is 6.92 Å². The summed E-state index contributed by atoms with van der Waals surface area (Å²) in [5.41, 5.74) is 1.75. The second-order valence-electron chi connectivity index (χ2n) is 5.39. The highest BCUT2D eigenvalue weighted by molar-refractivity contribution is 6.10. The van der Waals surface area contributed by atoms with E-state index in [9.17, 15) is 14.4 Å². The standard InChI is InChI=1S/C19H20N2O4/c1-3-12-25-19(24)14-8-10-15(11-9-14)21-18(23)16-6-4-5-7-17(16)20-13(2)22/h4-11H,3,12H2,1-2H3,(H,20,22)(H,21,23). The number of para-hydroxylation sites is 1. The van der Waals surface area contributed by atoms with Crippen molar-refractivity contribution in [3.8, 4) is 0 Å². The minimum absolute atomic E-state index is 0.254. The summed E-state index contributed by atoms with van der Waals surface area (Å²) < 4.78 is 5.05. The lowest BCUT2D eigenvalue weighted by Gasteiger charge is -2.11. The first-order chi connectivity index (χ1) is 12.0. The molecule has 0 radical (unpaired) electrons. The first-order valence-corrected chi connectivity index (χ1v) is 7.96. The lowest BCUT2D eigenvalue weighted by Crippen LogP contribution is -2.16. The highest BCUT2D eigenvalue weighted by Gasteiger charge is 2.13. The molecule has 2 aromatic rings. The Hall–Kier alpha value is -3.15. The van der Waals surface area contributed by atoms with Crippen LogP contribution >= 0.6 is 0 Å². The Bertz CT molecular complexity index is 769. The molecule has 0 aliphatic carbocycles. The Morgan fingerprint density at radius 3 is 2.28 bits per heavy atom. The molecule has 130 valence electrons. The van der Waals surface area contributed by atoms with Gasteiger partial charge >= 0.3 is 5.97 Å². The van der Waals surface area contributed by atoms with Gasteiger partial charge in [0.05, 0.1) is 23.4 Å². The second-order valence-corrected chi connectivity index (χ2v) is 5.39. The molecule has 0 saturated heterocycles. The molecule has 0 saturated carbocycles. The Morgan fingerprint density at radius 1 is 0.960 bits per heavy atom. The second kappa shape index (κ2) is 8.63. The van der Waals surface area contributed by atoms with Gasteiger partial charge in [0, 0.05) is 12.6 Å². The lowest BCUT2D eigenvalue weighted by atomic mass is 10.1. The molecule has 2 rings (SSSR count). The predicted octanol–water partition coefficient (Wildman–Crippen LogP) is 3.46. The highest BCUT2D eigenvalue weighted by atomic mass is 16.5. The summed E-state index contributed by atoms with van der Waals surface area (Å²) in [7, 11) is 0. The zero-order valence-corrected chi connectivity index (χ0v) is 14.2. The monoisotopic (exact) mass is 340 g/mol. The molecular weight excluding hydrogens is 320 g/mol. The predicted molar refractivity (Wildman–Crippen MR) is 95.7 cm³/mol.